The number of benzene rings is 1. The summed E-state index contributed by atoms with van der Waals surface area (Å²) < 4.78 is 1.98. The van der Waals surface area contributed by atoms with Crippen LogP contribution in [0.25, 0.3) is 11.1 Å². The van der Waals surface area contributed by atoms with E-state index in [2.05, 4.69) is 15.9 Å². The topological polar surface area (TPSA) is 59.3 Å². The van der Waals surface area contributed by atoms with Crippen molar-refractivity contribution in [3.8, 4) is 11.1 Å². The maximum absolute atomic E-state index is 12.0. The smallest absolute Gasteiger partial charge is 0.326 e. The number of rotatable bonds is 3. The van der Waals surface area contributed by atoms with Gasteiger partial charge in [-0.05, 0) is 42.3 Å². The van der Waals surface area contributed by atoms with Crippen LogP contribution in [0.1, 0.15) is 13.0 Å². The molecule has 0 aliphatic heterocycles. The van der Waals surface area contributed by atoms with Gasteiger partial charge in [0.1, 0.15) is 6.04 Å². The molecule has 104 valence electrons. The zero-order valence-electron chi connectivity index (χ0n) is 10.5. The average Bonchev–Trinajstić information content (AvgIpc) is 2.40. The first-order valence-electron chi connectivity index (χ1n) is 5.80. The molecular weight excluding hydrogens is 346 g/mol. The van der Waals surface area contributed by atoms with Crippen molar-refractivity contribution in [1.82, 2.24) is 4.57 Å². The van der Waals surface area contributed by atoms with E-state index >= 15 is 0 Å². The minimum atomic E-state index is -1.05. The molecule has 0 bridgehead atoms. The van der Waals surface area contributed by atoms with E-state index in [9.17, 15) is 9.59 Å². The summed E-state index contributed by atoms with van der Waals surface area (Å²) in [6, 6.07) is 7.46. The maximum Gasteiger partial charge on any atom is 0.326 e. The number of carboxylic acid groups (broad SMARTS) is 1. The molecule has 0 aliphatic carbocycles. The van der Waals surface area contributed by atoms with Gasteiger partial charge in [0.15, 0.2) is 0 Å². The molecule has 6 heteroatoms. The van der Waals surface area contributed by atoms with Crippen molar-refractivity contribution in [1.29, 1.82) is 0 Å². The van der Waals surface area contributed by atoms with Crippen LogP contribution < -0.4 is 5.56 Å². The van der Waals surface area contributed by atoms with Gasteiger partial charge in [0, 0.05) is 21.8 Å². The number of carbonyl (C=O) groups is 1. The van der Waals surface area contributed by atoms with E-state index in [0.717, 1.165) is 10.0 Å². The van der Waals surface area contributed by atoms with E-state index in [-0.39, 0.29) is 5.56 Å². The molecule has 1 aromatic carbocycles. The van der Waals surface area contributed by atoms with Crippen molar-refractivity contribution in [2.45, 2.75) is 13.0 Å². The Hall–Kier alpha value is -1.59. The lowest BCUT2D eigenvalue weighted by molar-refractivity contribution is -0.140. The standard InChI is InChI=1S/C14H11BrClNO3/c1-8(14(19)20)17-5-4-9(6-13(17)18)11-7-10(16)2-3-12(11)15/h2-8H,1H3,(H,19,20)/t8-/m0/s1. The highest BCUT2D eigenvalue weighted by molar-refractivity contribution is 9.10. The van der Waals surface area contributed by atoms with Crippen LogP contribution in [0.4, 0.5) is 0 Å². The molecular formula is C14H11BrClNO3. The quantitative estimate of drug-likeness (QED) is 0.914. The second kappa shape index (κ2) is 5.81. The Kier molecular flexibility index (Phi) is 4.30. The van der Waals surface area contributed by atoms with E-state index in [1.54, 1.807) is 24.3 Å². The molecule has 0 saturated carbocycles. The summed E-state index contributed by atoms with van der Waals surface area (Å²) in [6.07, 6.45) is 1.48. The van der Waals surface area contributed by atoms with Crippen LogP contribution >= 0.6 is 27.5 Å². The van der Waals surface area contributed by atoms with Gasteiger partial charge in [-0.3, -0.25) is 4.79 Å². The first-order valence-corrected chi connectivity index (χ1v) is 6.97. The van der Waals surface area contributed by atoms with Crippen molar-refractivity contribution < 1.29 is 9.90 Å². The molecule has 1 N–H and O–H groups in total. The second-order valence-electron chi connectivity index (χ2n) is 4.30. The van der Waals surface area contributed by atoms with E-state index in [0.29, 0.717) is 10.6 Å². The second-order valence-corrected chi connectivity index (χ2v) is 5.59. The fraction of sp³-hybridized carbons (Fsp3) is 0.143. The van der Waals surface area contributed by atoms with E-state index in [1.807, 2.05) is 0 Å². The van der Waals surface area contributed by atoms with Gasteiger partial charge in [0.25, 0.3) is 5.56 Å². The number of hydrogen-bond acceptors (Lipinski definition) is 2. The fourth-order valence-corrected chi connectivity index (χ4v) is 2.46. The highest BCUT2D eigenvalue weighted by atomic mass is 79.9. The lowest BCUT2D eigenvalue weighted by atomic mass is 10.1. The summed E-state index contributed by atoms with van der Waals surface area (Å²) in [5.41, 5.74) is 1.09. The third-order valence-electron chi connectivity index (χ3n) is 2.96. The predicted octanol–water partition coefficient (Wildman–Crippen LogP) is 3.58. The van der Waals surface area contributed by atoms with Crippen molar-refractivity contribution in [2.24, 2.45) is 0 Å². The van der Waals surface area contributed by atoms with Crippen LogP contribution in [0, 0.1) is 0 Å². The Balaban J connectivity index is 2.51. The molecule has 0 unspecified atom stereocenters. The molecule has 1 aromatic heterocycles. The molecule has 4 nitrogen and oxygen atoms in total. The van der Waals surface area contributed by atoms with E-state index in [4.69, 9.17) is 16.7 Å². The third kappa shape index (κ3) is 2.94. The Bertz CT molecular complexity index is 727. The number of halogens is 2. The number of aromatic nitrogens is 1. The summed E-state index contributed by atoms with van der Waals surface area (Å²) in [5.74, 6) is -1.05. The first-order chi connectivity index (χ1) is 9.40. The van der Waals surface area contributed by atoms with E-state index < -0.39 is 12.0 Å². The number of nitrogens with zero attached hydrogens (tertiary/aromatic N) is 1. The largest absolute Gasteiger partial charge is 0.480 e. The van der Waals surface area contributed by atoms with Gasteiger partial charge in [-0.15, -0.1) is 0 Å². The van der Waals surface area contributed by atoms with Gasteiger partial charge in [0.05, 0.1) is 0 Å². The normalized spacial score (nSPS) is 12.2. The lowest BCUT2D eigenvalue weighted by Gasteiger charge is -2.12. The van der Waals surface area contributed by atoms with Crippen molar-refractivity contribution in [3.63, 3.8) is 0 Å². The zero-order valence-corrected chi connectivity index (χ0v) is 12.9. The van der Waals surface area contributed by atoms with Gasteiger partial charge in [-0.25, -0.2) is 4.79 Å². The van der Waals surface area contributed by atoms with Crippen LogP contribution in [0.5, 0.6) is 0 Å². The highest BCUT2D eigenvalue weighted by Gasteiger charge is 2.15. The molecule has 2 rings (SSSR count). The molecule has 1 atom stereocenters. The van der Waals surface area contributed by atoms with E-state index in [1.165, 1.54) is 23.8 Å². The number of hydrogen-bond donors (Lipinski definition) is 1. The monoisotopic (exact) mass is 355 g/mol. The van der Waals surface area contributed by atoms with Crippen LogP contribution in [-0.2, 0) is 4.79 Å². The maximum atomic E-state index is 12.0. The average molecular weight is 357 g/mol. The van der Waals surface area contributed by atoms with Crippen LogP contribution in [0.15, 0.2) is 45.8 Å². The van der Waals surface area contributed by atoms with Crippen LogP contribution in [0.2, 0.25) is 5.02 Å². The predicted molar refractivity (Wildman–Crippen MR) is 81.2 cm³/mol. The molecule has 1 heterocycles. The van der Waals surface area contributed by atoms with Gasteiger partial charge in [-0.2, -0.15) is 0 Å². The van der Waals surface area contributed by atoms with Crippen molar-refractivity contribution in [2.75, 3.05) is 0 Å². The van der Waals surface area contributed by atoms with Gasteiger partial charge in [0.2, 0.25) is 0 Å². The summed E-state index contributed by atoms with van der Waals surface area (Å²) in [7, 11) is 0. The van der Waals surface area contributed by atoms with Gasteiger partial charge < -0.3 is 9.67 Å². The molecule has 0 saturated heterocycles. The van der Waals surface area contributed by atoms with Crippen molar-refractivity contribution in [3.05, 3.63) is 56.4 Å². The zero-order chi connectivity index (χ0) is 14.9. The van der Waals surface area contributed by atoms with Gasteiger partial charge in [-0.1, -0.05) is 27.5 Å². The summed E-state index contributed by atoms with van der Waals surface area (Å²) in [4.78, 5) is 22.9. The third-order valence-corrected chi connectivity index (χ3v) is 3.89. The summed E-state index contributed by atoms with van der Waals surface area (Å²) in [6.45, 7) is 1.46. The molecule has 0 fully saturated rings. The van der Waals surface area contributed by atoms with Gasteiger partial charge >= 0.3 is 5.97 Å². The molecule has 0 radical (unpaired) electrons. The Labute approximate surface area is 128 Å². The first kappa shape index (κ1) is 14.8. The Morgan fingerprint density at radius 3 is 2.65 bits per heavy atom. The molecule has 20 heavy (non-hydrogen) atoms. The number of aliphatic carboxylic acids is 1. The Morgan fingerprint density at radius 1 is 1.35 bits per heavy atom. The molecule has 0 amide bonds. The number of pyridine rings is 1. The Morgan fingerprint density at radius 2 is 2.05 bits per heavy atom. The fourth-order valence-electron chi connectivity index (χ4n) is 1.81. The molecule has 0 aliphatic rings. The minimum absolute atomic E-state index is 0.371. The number of carboxylic acids is 1. The summed E-state index contributed by atoms with van der Waals surface area (Å²) >= 11 is 9.35. The summed E-state index contributed by atoms with van der Waals surface area (Å²) in [5, 5.41) is 9.50. The van der Waals surface area contributed by atoms with Crippen LogP contribution in [0.3, 0.4) is 0 Å². The highest BCUT2D eigenvalue weighted by Crippen LogP contribution is 2.30. The SMILES string of the molecule is C[C@@H](C(=O)O)n1ccc(-c2cc(Cl)ccc2Br)cc1=O. The van der Waals surface area contributed by atoms with Crippen molar-refractivity contribution >= 4 is 33.5 Å². The lowest BCUT2D eigenvalue weighted by Crippen LogP contribution is -2.26. The minimum Gasteiger partial charge on any atom is -0.480 e. The van der Waals surface area contributed by atoms with Crippen LogP contribution in [-0.4, -0.2) is 15.6 Å². The molecule has 2 aromatic rings. The molecule has 0 spiro atoms.